The fourth-order valence-corrected chi connectivity index (χ4v) is 9.81. The average molecular weight is 635 g/mol. The van der Waals surface area contributed by atoms with Crippen LogP contribution in [-0.4, -0.2) is 59.3 Å². The van der Waals surface area contributed by atoms with Crippen molar-refractivity contribution < 1.29 is 26.6 Å². The predicted molar refractivity (Wildman–Crippen MR) is 183 cm³/mol. The summed E-state index contributed by atoms with van der Waals surface area (Å²) in [4.78, 5) is 0. The number of hydrogen-bond donors (Lipinski definition) is 0. The summed E-state index contributed by atoms with van der Waals surface area (Å²) < 4.78 is 35.6. The van der Waals surface area contributed by atoms with Crippen molar-refractivity contribution in [2.75, 3.05) is 41.7 Å². The molecule has 0 N–H and O–H groups in total. The second kappa shape index (κ2) is 31.2. The summed E-state index contributed by atoms with van der Waals surface area (Å²) in [6, 6.07) is 1.88. The minimum atomic E-state index is -2.48. The van der Waals surface area contributed by atoms with E-state index in [1.807, 2.05) is 0 Å². The minimum Gasteiger partial charge on any atom is -0.377 e. The first kappa shape index (κ1) is 42.2. The lowest BCUT2D eigenvalue weighted by molar-refractivity contribution is 0.0946. The first-order valence-corrected chi connectivity index (χ1v) is 21.9. The Morgan fingerprint density at radius 1 is 0.310 bits per heavy atom. The van der Waals surface area contributed by atoms with Crippen LogP contribution >= 0.6 is 0 Å². The summed E-state index contributed by atoms with van der Waals surface area (Å²) in [6.45, 7) is 6.06. The smallest absolute Gasteiger partial charge is 0.377 e. The molecular weight excluding hydrogens is 561 g/mol. The van der Waals surface area contributed by atoms with Crippen molar-refractivity contribution in [1.82, 2.24) is 0 Å². The highest BCUT2D eigenvalue weighted by Gasteiger charge is 2.38. The molecule has 0 heterocycles. The van der Waals surface area contributed by atoms with Gasteiger partial charge in [-0.2, -0.15) is 0 Å². The van der Waals surface area contributed by atoms with Crippen LogP contribution in [0.4, 0.5) is 0 Å². The summed E-state index contributed by atoms with van der Waals surface area (Å²) in [7, 11) is 2.07. The van der Waals surface area contributed by atoms with E-state index in [2.05, 4.69) is 13.8 Å². The fourth-order valence-electron chi connectivity index (χ4n) is 5.63. The maximum atomic E-state index is 6.22. The standard InChI is InChI=1S/C34H74O6Si2/c1-7-9-11-13-15-21-25-29-33-41(35-3,36-4)39-31-27-23-19-17-18-20-24-28-32-40-42(37-5,38-6)34-30-26-22-16-14-12-10-8-2/h7-34H2,1-6H3. The van der Waals surface area contributed by atoms with E-state index >= 15 is 0 Å². The van der Waals surface area contributed by atoms with Crippen molar-refractivity contribution in [2.24, 2.45) is 0 Å². The Bertz CT molecular complexity index is 486. The molecule has 0 atom stereocenters. The van der Waals surface area contributed by atoms with E-state index in [1.165, 1.54) is 128 Å². The highest BCUT2D eigenvalue weighted by atomic mass is 28.4. The van der Waals surface area contributed by atoms with Gasteiger partial charge < -0.3 is 26.6 Å². The van der Waals surface area contributed by atoms with Gasteiger partial charge in [-0.3, -0.25) is 0 Å². The highest BCUT2D eigenvalue weighted by molar-refractivity contribution is 6.60. The van der Waals surface area contributed by atoms with Crippen LogP contribution in [0, 0.1) is 0 Å². The number of hydrogen-bond acceptors (Lipinski definition) is 6. The quantitative estimate of drug-likeness (QED) is 0.0511. The molecule has 0 bridgehead atoms. The van der Waals surface area contributed by atoms with E-state index in [0.29, 0.717) is 0 Å². The van der Waals surface area contributed by atoms with Crippen LogP contribution in [0.1, 0.15) is 168 Å². The van der Waals surface area contributed by atoms with Crippen LogP contribution in [0.25, 0.3) is 0 Å². The Kier molecular flexibility index (Phi) is 31.3. The van der Waals surface area contributed by atoms with Crippen molar-refractivity contribution in [3.8, 4) is 0 Å². The lowest BCUT2D eigenvalue weighted by Crippen LogP contribution is -2.44. The summed E-state index contributed by atoms with van der Waals surface area (Å²) >= 11 is 0. The molecule has 0 aliphatic rings. The molecule has 0 unspecified atom stereocenters. The second-order valence-corrected chi connectivity index (χ2v) is 18.1. The summed E-state index contributed by atoms with van der Waals surface area (Å²) in [6.07, 6.45) is 30.8. The second-order valence-electron chi connectivity index (χ2n) is 12.2. The van der Waals surface area contributed by atoms with Gasteiger partial charge in [-0.05, 0) is 25.7 Å². The topological polar surface area (TPSA) is 55.4 Å². The molecule has 0 aromatic heterocycles. The highest BCUT2D eigenvalue weighted by Crippen LogP contribution is 2.22. The van der Waals surface area contributed by atoms with Gasteiger partial charge in [-0.25, -0.2) is 0 Å². The third-order valence-corrected chi connectivity index (χ3v) is 14.3. The molecule has 0 aromatic carbocycles. The number of unbranched alkanes of at least 4 members (excludes halogenated alkanes) is 21. The van der Waals surface area contributed by atoms with Gasteiger partial charge in [0.25, 0.3) is 0 Å². The van der Waals surface area contributed by atoms with E-state index in [0.717, 1.165) is 51.0 Å². The van der Waals surface area contributed by atoms with Gasteiger partial charge in [0.1, 0.15) is 0 Å². The first-order valence-electron chi connectivity index (χ1n) is 18.1. The van der Waals surface area contributed by atoms with Crippen molar-refractivity contribution in [1.29, 1.82) is 0 Å². The normalized spacial score (nSPS) is 12.4. The van der Waals surface area contributed by atoms with Gasteiger partial charge in [-0.1, -0.05) is 142 Å². The maximum absolute atomic E-state index is 6.22. The molecule has 0 fully saturated rings. The zero-order valence-electron chi connectivity index (χ0n) is 29.2. The van der Waals surface area contributed by atoms with Crippen LogP contribution < -0.4 is 0 Å². The molecule has 6 nitrogen and oxygen atoms in total. The van der Waals surface area contributed by atoms with Crippen LogP contribution in [0.3, 0.4) is 0 Å². The van der Waals surface area contributed by atoms with Gasteiger partial charge >= 0.3 is 17.6 Å². The van der Waals surface area contributed by atoms with Gasteiger partial charge in [0.05, 0.1) is 0 Å². The zero-order chi connectivity index (χ0) is 31.0. The molecule has 254 valence electrons. The van der Waals surface area contributed by atoms with Crippen molar-refractivity contribution >= 4 is 17.6 Å². The summed E-state index contributed by atoms with van der Waals surface area (Å²) in [5, 5.41) is 0. The van der Waals surface area contributed by atoms with Crippen LogP contribution in [0.15, 0.2) is 0 Å². The minimum absolute atomic E-state index is 0.756. The van der Waals surface area contributed by atoms with E-state index in [-0.39, 0.29) is 0 Å². The number of rotatable bonds is 35. The van der Waals surface area contributed by atoms with Gasteiger partial charge in [0.2, 0.25) is 0 Å². The lowest BCUT2D eigenvalue weighted by atomic mass is 10.1. The Morgan fingerprint density at radius 3 is 0.810 bits per heavy atom. The molecule has 0 saturated carbocycles. The molecule has 8 heteroatoms. The van der Waals surface area contributed by atoms with Crippen LogP contribution in [0.2, 0.25) is 12.1 Å². The van der Waals surface area contributed by atoms with E-state index in [9.17, 15) is 0 Å². The molecule has 0 aliphatic heterocycles. The summed E-state index contributed by atoms with van der Waals surface area (Å²) in [5.74, 6) is 0. The molecule has 0 rings (SSSR count). The molecule has 0 radical (unpaired) electrons. The summed E-state index contributed by atoms with van der Waals surface area (Å²) in [5.41, 5.74) is 0. The van der Waals surface area contributed by atoms with Crippen molar-refractivity contribution in [2.45, 2.75) is 180 Å². The Morgan fingerprint density at radius 2 is 0.548 bits per heavy atom. The largest absolute Gasteiger partial charge is 0.500 e. The van der Waals surface area contributed by atoms with E-state index < -0.39 is 17.6 Å². The Labute approximate surface area is 265 Å². The van der Waals surface area contributed by atoms with Gasteiger partial charge in [0.15, 0.2) is 0 Å². The maximum Gasteiger partial charge on any atom is 0.500 e. The fraction of sp³-hybridized carbons (Fsp3) is 1.00. The predicted octanol–water partition coefficient (Wildman–Crippen LogP) is 10.9. The third kappa shape index (κ3) is 23.6. The molecule has 0 aromatic rings. The van der Waals surface area contributed by atoms with Crippen LogP contribution in [-0.2, 0) is 26.6 Å². The Hall–Kier alpha value is 0.194. The molecule has 0 spiro atoms. The van der Waals surface area contributed by atoms with Crippen molar-refractivity contribution in [3.05, 3.63) is 0 Å². The SMILES string of the molecule is CCCCCCCCCC[Si](OC)(OC)OCCCCCCCCCCO[Si](CCCCCCCCCC)(OC)OC. The lowest BCUT2D eigenvalue weighted by Gasteiger charge is -2.26. The first-order chi connectivity index (χ1) is 20.6. The van der Waals surface area contributed by atoms with E-state index in [1.54, 1.807) is 28.4 Å². The third-order valence-electron chi connectivity index (χ3n) is 8.60. The molecule has 42 heavy (non-hydrogen) atoms. The zero-order valence-corrected chi connectivity index (χ0v) is 31.2. The average Bonchev–Trinajstić information content (AvgIpc) is 3.02. The van der Waals surface area contributed by atoms with Crippen LogP contribution in [0.5, 0.6) is 0 Å². The van der Waals surface area contributed by atoms with Crippen molar-refractivity contribution in [3.63, 3.8) is 0 Å². The van der Waals surface area contributed by atoms with Gasteiger partial charge in [0, 0.05) is 53.7 Å². The molecular formula is C34H74O6Si2. The monoisotopic (exact) mass is 635 g/mol. The molecule has 0 amide bonds. The van der Waals surface area contributed by atoms with Gasteiger partial charge in [-0.15, -0.1) is 0 Å². The Balaban J connectivity index is 3.79. The molecule has 0 aliphatic carbocycles. The molecule has 0 saturated heterocycles. The van der Waals surface area contributed by atoms with E-state index in [4.69, 9.17) is 26.6 Å².